The predicted octanol–water partition coefficient (Wildman–Crippen LogP) is 12.5. The van der Waals surface area contributed by atoms with E-state index in [1.807, 2.05) is 11.8 Å². The van der Waals surface area contributed by atoms with Crippen LogP contribution < -0.4 is 5.32 Å². The van der Waals surface area contributed by atoms with Crippen molar-refractivity contribution >= 4 is 34.2 Å². The summed E-state index contributed by atoms with van der Waals surface area (Å²) in [6, 6.07) is 57.3. The summed E-state index contributed by atoms with van der Waals surface area (Å²) in [6.07, 6.45) is 8.20. The lowest BCUT2D eigenvalue weighted by Gasteiger charge is -2.31. The van der Waals surface area contributed by atoms with Crippen LogP contribution in [0.1, 0.15) is 50.7 Å². The molecule has 0 aromatic heterocycles. The minimum absolute atomic E-state index is 0.231. The van der Waals surface area contributed by atoms with Crippen molar-refractivity contribution in [1.29, 1.82) is 0 Å². The van der Waals surface area contributed by atoms with Crippen molar-refractivity contribution in [2.45, 2.75) is 17.2 Å². The van der Waals surface area contributed by atoms with Gasteiger partial charge in [-0.2, -0.15) is 0 Å². The summed E-state index contributed by atoms with van der Waals surface area (Å²) in [4.78, 5) is 1.41. The van der Waals surface area contributed by atoms with E-state index in [-0.39, 0.29) is 10.8 Å². The van der Waals surface area contributed by atoms with Crippen LogP contribution in [-0.4, -0.2) is 0 Å². The normalized spacial score (nSPS) is 19.3. The van der Waals surface area contributed by atoms with Gasteiger partial charge in [-0.1, -0.05) is 157 Å². The first-order valence-corrected chi connectivity index (χ1v) is 19.3. The highest BCUT2D eigenvalue weighted by Crippen LogP contribution is 2.63. The Morgan fingerprint density at radius 3 is 2.00 bits per heavy atom. The van der Waals surface area contributed by atoms with Gasteiger partial charge in [0, 0.05) is 16.5 Å². The number of hydrogen-bond acceptors (Lipinski definition) is 2. The van der Waals surface area contributed by atoms with Gasteiger partial charge in [-0.05, 0) is 119 Å². The minimum Gasteiger partial charge on any atom is -0.369 e. The van der Waals surface area contributed by atoms with Gasteiger partial charge in [0.2, 0.25) is 0 Å². The molecule has 1 N–H and O–H groups in total. The molecule has 0 amide bonds. The molecule has 7 aromatic carbocycles. The Morgan fingerprint density at radius 2 is 1.19 bits per heavy atom. The third-order valence-electron chi connectivity index (χ3n) is 12.2. The van der Waals surface area contributed by atoms with Crippen LogP contribution >= 0.6 is 11.8 Å². The highest BCUT2D eigenvalue weighted by molar-refractivity contribution is 8.04. The van der Waals surface area contributed by atoms with Crippen LogP contribution in [0.15, 0.2) is 174 Å². The zero-order valence-corrected chi connectivity index (χ0v) is 29.3. The predicted molar refractivity (Wildman–Crippen MR) is 218 cm³/mol. The Hall–Kier alpha value is -5.83. The van der Waals surface area contributed by atoms with E-state index in [0.717, 1.165) is 6.42 Å². The largest absolute Gasteiger partial charge is 0.369 e. The second kappa shape index (κ2) is 10.6. The van der Waals surface area contributed by atoms with Gasteiger partial charge < -0.3 is 5.32 Å². The molecule has 52 heavy (non-hydrogen) atoms. The van der Waals surface area contributed by atoms with E-state index in [4.69, 9.17) is 0 Å². The monoisotopic (exact) mass is 679 g/mol. The van der Waals surface area contributed by atoms with Crippen molar-refractivity contribution < 1.29 is 0 Å². The van der Waals surface area contributed by atoms with Crippen LogP contribution in [-0.2, 0) is 5.41 Å². The summed E-state index contributed by atoms with van der Waals surface area (Å²) in [7, 11) is 0. The fraction of sp³-hybridized carbons (Fsp3) is 0.0800. The number of thioether (sulfide) groups is 1. The third-order valence-corrected chi connectivity index (χ3v) is 13.5. The quantitative estimate of drug-likeness (QED) is 0.195. The van der Waals surface area contributed by atoms with Crippen LogP contribution in [0, 0.1) is 5.92 Å². The van der Waals surface area contributed by atoms with E-state index in [0.29, 0.717) is 5.92 Å². The lowest BCUT2D eigenvalue weighted by Crippen LogP contribution is -2.25. The Balaban J connectivity index is 1.06. The number of fused-ring (bicyclic) bond motifs is 15. The van der Waals surface area contributed by atoms with E-state index < -0.39 is 0 Å². The van der Waals surface area contributed by atoms with Crippen molar-refractivity contribution in [2.24, 2.45) is 5.92 Å². The molecular weight excluding hydrogens is 647 g/mol. The topological polar surface area (TPSA) is 12.0 Å². The molecule has 0 saturated carbocycles. The molecule has 0 radical (unpaired) electrons. The molecule has 244 valence electrons. The molecule has 1 spiro atoms. The first-order valence-electron chi connectivity index (χ1n) is 18.4. The number of allylic oxidation sites excluding steroid dienone is 3. The standard InChI is InChI=1S/C50H33NS/c1-2-10-32(11-3-1)49-51-46-25-23-31-20-18-30-19-21-35(26-40(30)47(31)48(46)52-49)36-22-24-39-41-27-33-12-4-5-13-34(33)28-45(41)50(44(39)29-36)42-16-8-6-14-37(42)38-15-7-9-17-43(38)50/h1-22,24-29,31,49,51H,23H2. The van der Waals surface area contributed by atoms with Crippen molar-refractivity contribution in [3.8, 4) is 33.4 Å². The highest BCUT2D eigenvalue weighted by Gasteiger charge is 2.51. The van der Waals surface area contributed by atoms with Gasteiger partial charge in [0.15, 0.2) is 0 Å². The minimum atomic E-state index is -0.383. The molecule has 4 aliphatic carbocycles. The van der Waals surface area contributed by atoms with Crippen LogP contribution in [0.4, 0.5) is 0 Å². The fourth-order valence-electron chi connectivity index (χ4n) is 9.92. The third kappa shape index (κ3) is 3.80. The summed E-state index contributed by atoms with van der Waals surface area (Å²) in [5, 5.41) is 6.66. The molecule has 1 heterocycles. The van der Waals surface area contributed by atoms with Gasteiger partial charge in [0.05, 0.1) is 5.41 Å². The number of rotatable bonds is 2. The number of benzene rings is 7. The number of nitrogens with one attached hydrogen (secondary N) is 1. The first kappa shape index (κ1) is 28.8. The second-order valence-electron chi connectivity index (χ2n) is 14.8. The van der Waals surface area contributed by atoms with Crippen LogP contribution in [0.2, 0.25) is 0 Å². The molecule has 7 aromatic rings. The SMILES string of the molecule is C1=CC2CC=C3NC(c4ccccc4)SC3=C2c2cc(-c3ccc4c(c3)C3(c5ccccc5-c5ccccc53)c3cc5ccccc5cc3-4)ccc21. The number of hydrogen-bond donors (Lipinski definition) is 1. The second-order valence-corrected chi connectivity index (χ2v) is 15.9. The average molecular weight is 680 g/mol. The molecule has 0 bridgehead atoms. The smallest absolute Gasteiger partial charge is 0.103 e. The van der Waals surface area contributed by atoms with E-state index in [2.05, 4.69) is 175 Å². The van der Waals surface area contributed by atoms with Crippen molar-refractivity contribution in [3.63, 3.8) is 0 Å². The summed E-state index contributed by atoms with van der Waals surface area (Å²) in [5.41, 5.74) is 19.8. The Labute approximate surface area is 308 Å². The van der Waals surface area contributed by atoms with Gasteiger partial charge >= 0.3 is 0 Å². The van der Waals surface area contributed by atoms with E-state index in [9.17, 15) is 0 Å². The van der Waals surface area contributed by atoms with E-state index >= 15 is 0 Å². The summed E-state index contributed by atoms with van der Waals surface area (Å²) in [5.74, 6) is 0.392. The molecular formula is C50H33NS. The molecule has 1 fully saturated rings. The molecule has 5 aliphatic rings. The summed E-state index contributed by atoms with van der Waals surface area (Å²) >= 11 is 1.97. The summed E-state index contributed by atoms with van der Waals surface area (Å²) in [6.45, 7) is 0. The molecule has 12 rings (SSSR count). The highest BCUT2D eigenvalue weighted by atomic mass is 32.2. The lowest BCUT2D eigenvalue weighted by molar-refractivity contribution is 0.781. The molecule has 1 saturated heterocycles. The van der Waals surface area contributed by atoms with Gasteiger partial charge in [0.1, 0.15) is 5.37 Å². The zero-order chi connectivity index (χ0) is 34.0. The van der Waals surface area contributed by atoms with Gasteiger partial charge in [0.25, 0.3) is 0 Å². The molecule has 2 heteroatoms. The Kier molecular flexibility index (Phi) is 5.88. The van der Waals surface area contributed by atoms with E-state index in [1.165, 1.54) is 99.3 Å². The maximum atomic E-state index is 3.85. The van der Waals surface area contributed by atoms with Gasteiger partial charge in [-0.3, -0.25) is 0 Å². The zero-order valence-electron chi connectivity index (χ0n) is 28.4. The molecule has 2 atom stereocenters. The van der Waals surface area contributed by atoms with Crippen LogP contribution in [0.25, 0.3) is 55.8 Å². The fourth-order valence-corrected chi connectivity index (χ4v) is 11.3. The average Bonchev–Trinajstić information content (AvgIpc) is 3.87. The van der Waals surface area contributed by atoms with Crippen molar-refractivity contribution in [2.75, 3.05) is 0 Å². The van der Waals surface area contributed by atoms with Crippen molar-refractivity contribution in [3.05, 3.63) is 213 Å². The summed E-state index contributed by atoms with van der Waals surface area (Å²) < 4.78 is 0. The van der Waals surface area contributed by atoms with E-state index in [1.54, 1.807) is 0 Å². The molecule has 1 nitrogen and oxygen atoms in total. The van der Waals surface area contributed by atoms with Crippen molar-refractivity contribution in [1.82, 2.24) is 5.32 Å². The van der Waals surface area contributed by atoms with Gasteiger partial charge in [-0.15, -0.1) is 0 Å². The van der Waals surface area contributed by atoms with Crippen LogP contribution in [0.5, 0.6) is 0 Å². The maximum absolute atomic E-state index is 3.85. The Morgan fingerprint density at radius 1 is 0.538 bits per heavy atom. The molecule has 2 unspecified atom stereocenters. The maximum Gasteiger partial charge on any atom is 0.103 e. The van der Waals surface area contributed by atoms with Crippen LogP contribution in [0.3, 0.4) is 0 Å². The van der Waals surface area contributed by atoms with Gasteiger partial charge in [-0.25, -0.2) is 0 Å². The lowest BCUT2D eigenvalue weighted by atomic mass is 9.70. The molecule has 1 aliphatic heterocycles. The Bertz CT molecular complexity index is 2740. The first-order chi connectivity index (χ1) is 25.8.